The Bertz CT molecular complexity index is 1390. The number of halogens is 1. The lowest BCUT2D eigenvalue weighted by molar-refractivity contribution is -0.117. The fraction of sp³-hybridized carbons (Fsp3) is 0.400. The van der Waals surface area contributed by atoms with E-state index in [2.05, 4.69) is 15.5 Å². The van der Waals surface area contributed by atoms with Crippen LogP contribution in [-0.2, 0) is 15.1 Å². The normalized spacial score (nSPS) is 21.9. The quantitative estimate of drug-likeness (QED) is 0.433. The van der Waals surface area contributed by atoms with Gasteiger partial charge in [-0.15, -0.1) is 10.2 Å². The first kappa shape index (κ1) is 25.4. The smallest absolute Gasteiger partial charge is 0.410 e. The molecule has 0 atom stereocenters. The van der Waals surface area contributed by atoms with Gasteiger partial charge in [0.1, 0.15) is 18.1 Å². The number of nitrogens with two attached hydrogens (primary N) is 1. The standard InChI is InChI=1S/C30H32FN5O3/c31-25-17-21(8-11-24(25)30(32)12-13-30)28-23(20-4-2-1-3-5-20)18-26(34-35-28)33-27(37)16-19-6-9-22(10-7-19)36-14-15-39-29(36)38/h1-5,8,11,17-19,22H,6-7,9-10,12-16,32H2,(H,33,34,37). The van der Waals surface area contributed by atoms with Crippen molar-refractivity contribution in [1.29, 1.82) is 0 Å². The zero-order valence-corrected chi connectivity index (χ0v) is 21.7. The summed E-state index contributed by atoms with van der Waals surface area (Å²) in [7, 11) is 0. The van der Waals surface area contributed by atoms with Gasteiger partial charge in [-0.25, -0.2) is 9.18 Å². The molecule has 6 rings (SSSR count). The van der Waals surface area contributed by atoms with Crippen molar-refractivity contribution in [2.75, 3.05) is 18.5 Å². The van der Waals surface area contributed by atoms with Gasteiger partial charge in [0.15, 0.2) is 5.82 Å². The van der Waals surface area contributed by atoms with Crippen LogP contribution in [0.15, 0.2) is 54.6 Å². The molecule has 3 aromatic rings. The molecule has 3 N–H and O–H groups in total. The van der Waals surface area contributed by atoms with E-state index in [0.29, 0.717) is 42.2 Å². The summed E-state index contributed by atoms with van der Waals surface area (Å²) in [4.78, 5) is 26.6. The molecule has 2 heterocycles. The molecule has 1 aliphatic heterocycles. The predicted octanol–water partition coefficient (Wildman–Crippen LogP) is 5.24. The average Bonchev–Trinajstić information content (AvgIpc) is 3.55. The summed E-state index contributed by atoms with van der Waals surface area (Å²) in [5.41, 5.74) is 8.96. The number of rotatable bonds is 7. The predicted molar refractivity (Wildman–Crippen MR) is 145 cm³/mol. The maximum Gasteiger partial charge on any atom is 0.410 e. The summed E-state index contributed by atoms with van der Waals surface area (Å²) in [5.74, 6) is 0.141. The van der Waals surface area contributed by atoms with Crippen molar-refractivity contribution in [1.82, 2.24) is 15.1 Å². The van der Waals surface area contributed by atoms with Gasteiger partial charge in [-0.2, -0.15) is 0 Å². The molecule has 0 unspecified atom stereocenters. The number of aromatic nitrogens is 2. The Kier molecular flexibility index (Phi) is 6.76. The lowest BCUT2D eigenvalue weighted by atomic mass is 9.83. The molecule has 1 saturated heterocycles. The monoisotopic (exact) mass is 529 g/mol. The zero-order valence-electron chi connectivity index (χ0n) is 21.7. The minimum absolute atomic E-state index is 0.117. The summed E-state index contributed by atoms with van der Waals surface area (Å²) in [6.45, 7) is 1.11. The minimum atomic E-state index is -0.566. The number of hydrogen-bond donors (Lipinski definition) is 2. The van der Waals surface area contributed by atoms with E-state index >= 15 is 4.39 Å². The number of benzene rings is 2. The summed E-state index contributed by atoms with van der Waals surface area (Å²) >= 11 is 0. The summed E-state index contributed by atoms with van der Waals surface area (Å²) in [6.07, 6.45) is 5.23. The van der Waals surface area contributed by atoms with E-state index in [1.54, 1.807) is 12.1 Å². The van der Waals surface area contributed by atoms with Gasteiger partial charge in [0, 0.05) is 34.7 Å². The van der Waals surface area contributed by atoms with Crippen molar-refractivity contribution < 1.29 is 18.7 Å². The third-order valence-electron chi connectivity index (χ3n) is 8.24. The van der Waals surface area contributed by atoms with E-state index < -0.39 is 5.54 Å². The van der Waals surface area contributed by atoms with E-state index in [9.17, 15) is 9.59 Å². The van der Waals surface area contributed by atoms with Crippen LogP contribution in [0.1, 0.15) is 50.5 Å². The molecule has 8 nitrogen and oxygen atoms in total. The Morgan fingerprint density at radius 2 is 1.82 bits per heavy atom. The molecule has 0 spiro atoms. The second-order valence-corrected chi connectivity index (χ2v) is 10.9. The highest BCUT2D eigenvalue weighted by Gasteiger charge is 2.42. The Labute approximate surface area is 226 Å². The van der Waals surface area contributed by atoms with E-state index in [1.807, 2.05) is 41.3 Å². The molecule has 202 valence electrons. The van der Waals surface area contributed by atoms with Gasteiger partial charge in [0.2, 0.25) is 5.91 Å². The van der Waals surface area contributed by atoms with Crippen molar-refractivity contribution in [2.45, 2.75) is 56.5 Å². The fourth-order valence-corrected chi connectivity index (χ4v) is 5.83. The molecule has 2 aromatic carbocycles. The molecule has 39 heavy (non-hydrogen) atoms. The third-order valence-corrected chi connectivity index (χ3v) is 8.24. The lowest BCUT2D eigenvalue weighted by Crippen LogP contribution is -2.39. The molecular formula is C30H32FN5O3. The van der Waals surface area contributed by atoms with Gasteiger partial charge in [-0.1, -0.05) is 42.5 Å². The first-order chi connectivity index (χ1) is 18.9. The van der Waals surface area contributed by atoms with E-state index in [-0.39, 0.29) is 29.8 Å². The molecule has 2 aliphatic carbocycles. The highest BCUT2D eigenvalue weighted by Crippen LogP contribution is 2.44. The van der Waals surface area contributed by atoms with Gasteiger partial charge in [-0.05, 0) is 62.1 Å². The third kappa shape index (κ3) is 5.36. The van der Waals surface area contributed by atoms with Gasteiger partial charge in [-0.3, -0.25) is 4.79 Å². The van der Waals surface area contributed by atoms with Gasteiger partial charge >= 0.3 is 6.09 Å². The first-order valence-electron chi connectivity index (χ1n) is 13.7. The average molecular weight is 530 g/mol. The van der Waals surface area contributed by atoms with Gasteiger partial charge in [0.25, 0.3) is 0 Å². The lowest BCUT2D eigenvalue weighted by Gasteiger charge is -2.32. The largest absolute Gasteiger partial charge is 0.448 e. The number of nitrogens with one attached hydrogen (secondary N) is 1. The Morgan fingerprint density at radius 3 is 2.49 bits per heavy atom. The second-order valence-electron chi connectivity index (χ2n) is 10.9. The Morgan fingerprint density at radius 1 is 1.05 bits per heavy atom. The van der Waals surface area contributed by atoms with E-state index in [0.717, 1.165) is 49.7 Å². The molecule has 0 bridgehead atoms. The second kappa shape index (κ2) is 10.4. The topological polar surface area (TPSA) is 110 Å². The van der Waals surface area contributed by atoms with Crippen molar-refractivity contribution in [3.05, 3.63) is 66.0 Å². The summed E-state index contributed by atoms with van der Waals surface area (Å²) < 4.78 is 20.1. The summed E-state index contributed by atoms with van der Waals surface area (Å²) in [6, 6.07) is 16.7. The van der Waals surface area contributed by atoms with Crippen LogP contribution in [0, 0.1) is 11.7 Å². The van der Waals surface area contributed by atoms with Crippen molar-refractivity contribution in [2.24, 2.45) is 11.7 Å². The number of hydrogen-bond acceptors (Lipinski definition) is 6. The maximum absolute atomic E-state index is 15.0. The maximum atomic E-state index is 15.0. The molecule has 2 amide bonds. The Balaban J connectivity index is 1.17. The van der Waals surface area contributed by atoms with Crippen LogP contribution < -0.4 is 11.1 Å². The molecule has 0 radical (unpaired) electrons. The number of cyclic esters (lactones) is 1. The van der Waals surface area contributed by atoms with Gasteiger partial charge in [0.05, 0.1) is 6.54 Å². The van der Waals surface area contributed by atoms with Crippen LogP contribution >= 0.6 is 0 Å². The minimum Gasteiger partial charge on any atom is -0.448 e. The van der Waals surface area contributed by atoms with Crippen molar-refractivity contribution in [3.63, 3.8) is 0 Å². The number of amides is 2. The molecule has 3 fully saturated rings. The SMILES string of the molecule is NC1(c2ccc(-c3nnc(NC(=O)CC4CCC(N5CCOC5=O)CC4)cc3-c3ccccc3)cc2F)CC1. The highest BCUT2D eigenvalue weighted by molar-refractivity contribution is 5.91. The van der Waals surface area contributed by atoms with E-state index in [1.165, 1.54) is 6.07 Å². The fourth-order valence-electron chi connectivity index (χ4n) is 5.83. The first-order valence-corrected chi connectivity index (χ1v) is 13.7. The molecule has 2 saturated carbocycles. The Hall–Kier alpha value is -3.85. The summed E-state index contributed by atoms with van der Waals surface area (Å²) in [5, 5.41) is 11.6. The molecule has 3 aliphatic rings. The van der Waals surface area contributed by atoms with Gasteiger partial charge < -0.3 is 20.7 Å². The number of carbonyl (C=O) groups is 2. The zero-order chi connectivity index (χ0) is 27.0. The van der Waals surface area contributed by atoms with Crippen molar-refractivity contribution in [3.8, 4) is 22.4 Å². The van der Waals surface area contributed by atoms with Crippen LogP contribution in [0.4, 0.5) is 15.0 Å². The van der Waals surface area contributed by atoms with Crippen LogP contribution in [0.25, 0.3) is 22.4 Å². The van der Waals surface area contributed by atoms with E-state index in [4.69, 9.17) is 10.5 Å². The molecular weight excluding hydrogens is 497 g/mol. The van der Waals surface area contributed by atoms with Crippen LogP contribution in [-0.4, -0.2) is 46.3 Å². The number of nitrogens with zero attached hydrogens (tertiary/aromatic N) is 3. The number of carbonyl (C=O) groups excluding carboxylic acids is 2. The van der Waals surface area contributed by atoms with Crippen LogP contribution in [0.5, 0.6) is 0 Å². The number of anilines is 1. The molecule has 1 aromatic heterocycles. The van der Waals surface area contributed by atoms with Crippen LogP contribution in [0.3, 0.4) is 0 Å². The van der Waals surface area contributed by atoms with Crippen molar-refractivity contribution >= 4 is 17.8 Å². The van der Waals surface area contributed by atoms with Crippen LogP contribution in [0.2, 0.25) is 0 Å². The number of ether oxygens (including phenoxy) is 1. The highest BCUT2D eigenvalue weighted by atomic mass is 19.1. The molecule has 9 heteroatoms.